The first-order valence-electron chi connectivity index (χ1n) is 8.92. The molecule has 0 radical (unpaired) electrons. The third-order valence-corrected chi connectivity index (χ3v) is 4.18. The fourth-order valence-corrected chi connectivity index (χ4v) is 2.81. The van der Waals surface area contributed by atoms with Crippen LogP contribution in [0, 0.1) is 0 Å². The van der Waals surface area contributed by atoms with E-state index in [1.165, 1.54) is 11.6 Å². The lowest BCUT2D eigenvalue weighted by Gasteiger charge is -2.19. The number of amides is 1. The lowest BCUT2D eigenvalue weighted by Crippen LogP contribution is -2.28. The van der Waals surface area contributed by atoms with Crippen LogP contribution in [-0.2, 0) is 17.9 Å². The maximum Gasteiger partial charge on any atom is 0.246 e. The molecule has 0 N–H and O–H groups in total. The van der Waals surface area contributed by atoms with Gasteiger partial charge in [0.1, 0.15) is 0 Å². The van der Waals surface area contributed by atoms with E-state index in [0.717, 1.165) is 17.8 Å². The second-order valence-electron chi connectivity index (χ2n) is 6.27. The van der Waals surface area contributed by atoms with Gasteiger partial charge in [-0.2, -0.15) is 0 Å². The average molecular weight is 357 g/mol. The minimum atomic E-state index is -0.0851. The largest absolute Gasteiger partial charge is 0.332 e. The van der Waals surface area contributed by atoms with Gasteiger partial charge in [0.05, 0.1) is 12.0 Å². The first kappa shape index (κ1) is 18.4. The Morgan fingerprint density at radius 1 is 1.04 bits per heavy atom. The fraction of sp³-hybridized carbons (Fsp3) is 0.130. The molecule has 0 unspecified atom stereocenters. The third kappa shape index (κ3) is 5.54. The Balaban J connectivity index is 1.60. The number of hydrogen-bond acceptors (Lipinski definition) is 2. The SMILES string of the molecule is C=CC(=O)N(C/C=C/c1cn(Cc2ccccc2)cn1)Cc1ccccc1. The van der Waals surface area contributed by atoms with Gasteiger partial charge in [0.25, 0.3) is 0 Å². The van der Waals surface area contributed by atoms with E-state index in [1.54, 1.807) is 4.90 Å². The third-order valence-electron chi connectivity index (χ3n) is 4.18. The van der Waals surface area contributed by atoms with Gasteiger partial charge in [-0.1, -0.05) is 73.3 Å². The second kappa shape index (κ2) is 9.34. The number of hydrogen-bond donors (Lipinski definition) is 0. The van der Waals surface area contributed by atoms with Crippen molar-refractivity contribution < 1.29 is 4.79 Å². The van der Waals surface area contributed by atoms with Gasteiger partial charge in [0.2, 0.25) is 5.91 Å². The van der Waals surface area contributed by atoms with Crippen LogP contribution in [0.25, 0.3) is 6.08 Å². The van der Waals surface area contributed by atoms with E-state index in [1.807, 2.05) is 77.8 Å². The highest BCUT2D eigenvalue weighted by Gasteiger charge is 2.09. The normalized spacial score (nSPS) is 10.8. The van der Waals surface area contributed by atoms with Gasteiger partial charge in [-0.25, -0.2) is 4.98 Å². The highest BCUT2D eigenvalue weighted by Crippen LogP contribution is 2.08. The van der Waals surface area contributed by atoms with Crippen molar-refractivity contribution in [3.63, 3.8) is 0 Å². The van der Waals surface area contributed by atoms with Crippen LogP contribution < -0.4 is 0 Å². The van der Waals surface area contributed by atoms with Crippen LogP contribution in [0.5, 0.6) is 0 Å². The summed E-state index contributed by atoms with van der Waals surface area (Å²) >= 11 is 0. The molecule has 4 heteroatoms. The standard InChI is InChI=1S/C23H23N3O/c1-2-23(27)26(17-21-12-7-4-8-13-21)15-9-14-22-18-25(19-24-22)16-20-10-5-3-6-11-20/h2-14,18-19H,1,15-17H2/b14-9+. The van der Waals surface area contributed by atoms with E-state index < -0.39 is 0 Å². The second-order valence-corrected chi connectivity index (χ2v) is 6.27. The first-order chi connectivity index (χ1) is 13.2. The Kier molecular flexibility index (Phi) is 6.36. The molecular formula is C23H23N3O. The lowest BCUT2D eigenvalue weighted by atomic mass is 10.2. The Hall–Kier alpha value is -3.40. The fourth-order valence-electron chi connectivity index (χ4n) is 2.81. The Labute approximate surface area is 160 Å². The number of imidazole rings is 1. The summed E-state index contributed by atoms with van der Waals surface area (Å²) in [5.74, 6) is -0.0851. The molecule has 0 spiro atoms. The smallest absolute Gasteiger partial charge is 0.246 e. The molecule has 0 saturated heterocycles. The van der Waals surface area contributed by atoms with Crippen LogP contribution in [0.4, 0.5) is 0 Å². The quantitative estimate of drug-likeness (QED) is 0.568. The molecule has 3 rings (SSSR count). The Morgan fingerprint density at radius 2 is 1.70 bits per heavy atom. The lowest BCUT2D eigenvalue weighted by molar-refractivity contribution is -0.126. The minimum absolute atomic E-state index is 0.0851. The van der Waals surface area contributed by atoms with Gasteiger partial charge in [0, 0.05) is 25.8 Å². The summed E-state index contributed by atoms with van der Waals surface area (Å²) in [5, 5.41) is 0. The summed E-state index contributed by atoms with van der Waals surface area (Å²) < 4.78 is 2.05. The van der Waals surface area contributed by atoms with Crippen LogP contribution in [0.3, 0.4) is 0 Å². The van der Waals surface area contributed by atoms with Crippen molar-refractivity contribution in [3.05, 3.63) is 109 Å². The molecule has 1 heterocycles. The van der Waals surface area contributed by atoms with Gasteiger partial charge >= 0.3 is 0 Å². The first-order valence-corrected chi connectivity index (χ1v) is 8.92. The molecule has 136 valence electrons. The molecule has 0 saturated carbocycles. The zero-order chi connectivity index (χ0) is 18.9. The van der Waals surface area contributed by atoms with Crippen molar-refractivity contribution >= 4 is 12.0 Å². The van der Waals surface area contributed by atoms with Gasteiger partial charge in [-0.15, -0.1) is 0 Å². The van der Waals surface area contributed by atoms with Crippen LogP contribution in [-0.4, -0.2) is 26.9 Å². The number of carbonyl (C=O) groups excluding carboxylic acids is 1. The average Bonchev–Trinajstić information content (AvgIpc) is 3.15. The predicted molar refractivity (Wildman–Crippen MR) is 109 cm³/mol. The van der Waals surface area contributed by atoms with E-state index in [4.69, 9.17) is 0 Å². The Bertz CT molecular complexity index is 898. The highest BCUT2D eigenvalue weighted by atomic mass is 16.2. The molecule has 0 atom stereocenters. The topological polar surface area (TPSA) is 38.1 Å². The molecule has 0 aliphatic rings. The number of nitrogens with zero attached hydrogens (tertiary/aromatic N) is 3. The minimum Gasteiger partial charge on any atom is -0.332 e. The summed E-state index contributed by atoms with van der Waals surface area (Å²) in [6.07, 6.45) is 9.07. The molecule has 0 fully saturated rings. The molecule has 3 aromatic rings. The van der Waals surface area contributed by atoms with Crippen molar-refractivity contribution in [3.8, 4) is 0 Å². The summed E-state index contributed by atoms with van der Waals surface area (Å²) in [7, 11) is 0. The van der Waals surface area contributed by atoms with Gasteiger partial charge in [0.15, 0.2) is 0 Å². The van der Waals surface area contributed by atoms with Crippen molar-refractivity contribution in [2.24, 2.45) is 0 Å². The van der Waals surface area contributed by atoms with E-state index in [9.17, 15) is 4.79 Å². The van der Waals surface area contributed by atoms with Crippen LogP contribution in [0.2, 0.25) is 0 Å². The number of aromatic nitrogens is 2. The Morgan fingerprint density at radius 3 is 2.37 bits per heavy atom. The van der Waals surface area contributed by atoms with Gasteiger partial charge < -0.3 is 9.47 Å². The summed E-state index contributed by atoms with van der Waals surface area (Å²) in [5.41, 5.74) is 3.20. The molecule has 0 bridgehead atoms. The molecule has 27 heavy (non-hydrogen) atoms. The van der Waals surface area contributed by atoms with Crippen molar-refractivity contribution in [2.45, 2.75) is 13.1 Å². The van der Waals surface area contributed by atoms with E-state index in [0.29, 0.717) is 13.1 Å². The summed E-state index contributed by atoms with van der Waals surface area (Å²) in [4.78, 5) is 18.3. The molecule has 0 aliphatic carbocycles. The summed E-state index contributed by atoms with van der Waals surface area (Å²) in [6, 6.07) is 20.2. The van der Waals surface area contributed by atoms with E-state index >= 15 is 0 Å². The molecule has 4 nitrogen and oxygen atoms in total. The van der Waals surface area contributed by atoms with E-state index in [-0.39, 0.29) is 5.91 Å². The van der Waals surface area contributed by atoms with Crippen molar-refractivity contribution in [1.29, 1.82) is 0 Å². The zero-order valence-electron chi connectivity index (χ0n) is 15.2. The number of rotatable bonds is 8. The van der Waals surface area contributed by atoms with Crippen molar-refractivity contribution in [2.75, 3.05) is 6.54 Å². The van der Waals surface area contributed by atoms with Crippen molar-refractivity contribution in [1.82, 2.24) is 14.5 Å². The molecule has 1 aromatic heterocycles. The molecular weight excluding hydrogens is 334 g/mol. The van der Waals surface area contributed by atoms with Gasteiger partial charge in [-0.05, 0) is 23.3 Å². The maximum atomic E-state index is 12.1. The van der Waals surface area contributed by atoms with Crippen LogP contribution >= 0.6 is 0 Å². The van der Waals surface area contributed by atoms with Crippen LogP contribution in [0.1, 0.15) is 16.8 Å². The number of carbonyl (C=O) groups is 1. The monoisotopic (exact) mass is 357 g/mol. The maximum absolute atomic E-state index is 12.1. The van der Waals surface area contributed by atoms with Gasteiger partial charge in [-0.3, -0.25) is 4.79 Å². The molecule has 0 aliphatic heterocycles. The molecule has 2 aromatic carbocycles. The van der Waals surface area contributed by atoms with E-state index in [2.05, 4.69) is 23.7 Å². The molecule has 1 amide bonds. The highest BCUT2D eigenvalue weighted by molar-refractivity contribution is 5.87. The summed E-state index contributed by atoms with van der Waals surface area (Å²) in [6.45, 7) is 5.45. The predicted octanol–water partition coefficient (Wildman–Crippen LogP) is 4.16. The number of benzene rings is 2. The van der Waals surface area contributed by atoms with Crippen LogP contribution in [0.15, 0.2) is 91.9 Å². The zero-order valence-corrected chi connectivity index (χ0v) is 15.2.